The normalized spacial score (nSPS) is 10.8. The number of hydrogen-bond donors (Lipinski definition) is 1. The van der Waals surface area contributed by atoms with E-state index in [-0.39, 0.29) is 17.0 Å². The van der Waals surface area contributed by atoms with Crippen LogP contribution in [0.25, 0.3) is 0 Å². The fraction of sp³-hybridized carbons (Fsp3) is 0.333. The molecule has 0 unspecified atom stereocenters. The van der Waals surface area contributed by atoms with Crippen LogP contribution in [-0.4, -0.2) is 16.1 Å². The minimum absolute atomic E-state index is 0.00407. The molecule has 1 heterocycles. The molecule has 1 aromatic rings. The quantitative estimate of drug-likeness (QED) is 0.839. The molecule has 0 saturated heterocycles. The minimum atomic E-state index is -3.05. The van der Waals surface area contributed by atoms with E-state index < -0.39 is 30.3 Å². The van der Waals surface area contributed by atoms with Crippen molar-refractivity contribution < 1.29 is 23.1 Å². The van der Waals surface area contributed by atoms with Crippen molar-refractivity contribution in [3.05, 3.63) is 28.8 Å². The van der Waals surface area contributed by atoms with Crippen LogP contribution in [0.5, 0.6) is 0 Å². The summed E-state index contributed by atoms with van der Waals surface area (Å²) in [5.74, 6) is -2.82. The molecule has 0 spiro atoms. The summed E-state index contributed by atoms with van der Waals surface area (Å²) >= 11 is 5.39. The van der Waals surface area contributed by atoms with Gasteiger partial charge in [0.25, 0.3) is 6.43 Å². The Hall–Kier alpha value is -1.30. The fourth-order valence-corrected chi connectivity index (χ4v) is 1.48. The van der Waals surface area contributed by atoms with Gasteiger partial charge in [0.1, 0.15) is 5.69 Å². The first kappa shape index (κ1) is 12.8. The molecule has 0 aliphatic rings. The van der Waals surface area contributed by atoms with Gasteiger partial charge in [-0.05, 0) is 5.56 Å². The van der Waals surface area contributed by atoms with E-state index in [2.05, 4.69) is 4.98 Å². The Morgan fingerprint density at radius 3 is 2.62 bits per heavy atom. The van der Waals surface area contributed by atoms with Crippen molar-refractivity contribution in [1.82, 2.24) is 4.98 Å². The second kappa shape index (κ2) is 5.16. The molecule has 1 N–H and O–H groups in total. The van der Waals surface area contributed by atoms with Crippen molar-refractivity contribution in [3.63, 3.8) is 0 Å². The zero-order chi connectivity index (χ0) is 12.3. The number of carboxylic acid groups (broad SMARTS) is 1. The molecule has 0 bridgehead atoms. The summed E-state index contributed by atoms with van der Waals surface area (Å²) < 4.78 is 38.0. The van der Waals surface area contributed by atoms with Crippen molar-refractivity contribution >= 4 is 17.6 Å². The molecule has 0 radical (unpaired) electrons. The molecule has 3 nitrogen and oxygen atoms in total. The third kappa shape index (κ3) is 2.63. The van der Waals surface area contributed by atoms with Gasteiger partial charge in [-0.15, -0.1) is 11.6 Å². The summed E-state index contributed by atoms with van der Waals surface area (Å²) in [6.45, 7) is 0. The number of alkyl halides is 3. The Bertz CT molecular complexity index is 412. The van der Waals surface area contributed by atoms with E-state index in [0.717, 1.165) is 6.20 Å². The Morgan fingerprint density at radius 1 is 1.56 bits per heavy atom. The van der Waals surface area contributed by atoms with E-state index in [4.69, 9.17) is 16.7 Å². The molecule has 1 rings (SSSR count). The smallest absolute Gasteiger partial charge is 0.307 e. The average molecular weight is 254 g/mol. The number of halogens is 4. The predicted octanol–water partition coefficient (Wildman–Crippen LogP) is 2.52. The van der Waals surface area contributed by atoms with Crippen LogP contribution in [0.1, 0.15) is 23.2 Å². The lowest BCUT2D eigenvalue weighted by atomic mass is 10.1. The van der Waals surface area contributed by atoms with Gasteiger partial charge in [0.05, 0.1) is 12.3 Å². The average Bonchev–Trinajstić information content (AvgIpc) is 2.16. The number of aromatic nitrogens is 1. The maximum Gasteiger partial charge on any atom is 0.307 e. The van der Waals surface area contributed by atoms with Crippen LogP contribution in [0.15, 0.2) is 6.20 Å². The highest BCUT2D eigenvalue weighted by Gasteiger charge is 2.21. The second-order valence-electron chi connectivity index (χ2n) is 2.97. The molecular weight excluding hydrogens is 247 g/mol. The highest BCUT2D eigenvalue weighted by atomic mass is 35.5. The lowest BCUT2D eigenvalue weighted by Crippen LogP contribution is -2.08. The molecule has 0 aromatic carbocycles. The molecule has 0 aliphatic heterocycles. The van der Waals surface area contributed by atoms with E-state index in [1.54, 1.807) is 0 Å². The van der Waals surface area contributed by atoms with Crippen molar-refractivity contribution in [2.24, 2.45) is 0 Å². The van der Waals surface area contributed by atoms with Crippen LogP contribution in [0, 0.1) is 5.82 Å². The summed E-state index contributed by atoms with van der Waals surface area (Å²) in [6, 6.07) is 0. The van der Waals surface area contributed by atoms with Gasteiger partial charge >= 0.3 is 5.97 Å². The van der Waals surface area contributed by atoms with Crippen LogP contribution in [0.2, 0.25) is 0 Å². The van der Waals surface area contributed by atoms with Crippen molar-refractivity contribution in [3.8, 4) is 0 Å². The molecule has 7 heteroatoms. The van der Waals surface area contributed by atoms with Crippen LogP contribution < -0.4 is 0 Å². The highest BCUT2D eigenvalue weighted by Crippen LogP contribution is 2.25. The third-order valence-electron chi connectivity index (χ3n) is 1.92. The van der Waals surface area contributed by atoms with E-state index in [1.807, 2.05) is 0 Å². The molecular formula is C9H7ClF3NO2. The summed E-state index contributed by atoms with van der Waals surface area (Å²) in [5.41, 5.74) is -1.25. The van der Waals surface area contributed by atoms with Crippen LogP contribution in [0.4, 0.5) is 13.2 Å². The lowest BCUT2D eigenvalue weighted by Gasteiger charge is -2.09. The Morgan fingerprint density at radius 2 is 2.19 bits per heavy atom. The van der Waals surface area contributed by atoms with Gasteiger partial charge in [-0.3, -0.25) is 9.78 Å². The van der Waals surface area contributed by atoms with E-state index in [9.17, 15) is 18.0 Å². The number of hydrogen-bond acceptors (Lipinski definition) is 2. The van der Waals surface area contributed by atoms with Gasteiger partial charge in [0.2, 0.25) is 0 Å². The largest absolute Gasteiger partial charge is 0.481 e. The van der Waals surface area contributed by atoms with E-state index >= 15 is 0 Å². The SMILES string of the molecule is O=C(O)Cc1cnc(C(F)F)c(F)c1CCl. The zero-order valence-electron chi connectivity index (χ0n) is 7.88. The number of carboxylic acids is 1. The van der Waals surface area contributed by atoms with Crippen molar-refractivity contribution in [2.45, 2.75) is 18.7 Å². The molecule has 1 aromatic heterocycles. The molecule has 0 saturated carbocycles. The topological polar surface area (TPSA) is 50.2 Å². The predicted molar refractivity (Wildman–Crippen MR) is 50.0 cm³/mol. The van der Waals surface area contributed by atoms with Crippen LogP contribution in [0.3, 0.4) is 0 Å². The summed E-state index contributed by atoms with van der Waals surface area (Å²) in [7, 11) is 0. The molecule has 0 amide bonds. The maximum atomic E-state index is 13.4. The Kier molecular flexibility index (Phi) is 4.12. The Labute approximate surface area is 93.9 Å². The molecule has 0 atom stereocenters. The first-order valence-electron chi connectivity index (χ1n) is 4.19. The van der Waals surface area contributed by atoms with Gasteiger partial charge in [0.15, 0.2) is 5.82 Å². The molecule has 0 aliphatic carbocycles. The number of pyridine rings is 1. The minimum Gasteiger partial charge on any atom is -0.481 e. The monoisotopic (exact) mass is 253 g/mol. The van der Waals surface area contributed by atoms with Gasteiger partial charge in [-0.2, -0.15) is 0 Å². The third-order valence-corrected chi connectivity index (χ3v) is 2.19. The first-order valence-corrected chi connectivity index (χ1v) is 4.72. The summed E-state index contributed by atoms with van der Waals surface area (Å²) in [6.07, 6.45) is -2.65. The highest BCUT2D eigenvalue weighted by molar-refractivity contribution is 6.17. The summed E-state index contributed by atoms with van der Waals surface area (Å²) in [4.78, 5) is 13.6. The molecule has 0 fully saturated rings. The van der Waals surface area contributed by atoms with E-state index in [1.165, 1.54) is 0 Å². The van der Waals surface area contributed by atoms with Crippen molar-refractivity contribution in [2.75, 3.05) is 0 Å². The zero-order valence-corrected chi connectivity index (χ0v) is 8.64. The fourth-order valence-electron chi connectivity index (χ4n) is 1.19. The van der Waals surface area contributed by atoms with Gasteiger partial charge in [-0.1, -0.05) is 0 Å². The number of aliphatic carboxylic acids is 1. The Balaban J connectivity index is 3.23. The van der Waals surface area contributed by atoms with Crippen LogP contribution >= 0.6 is 11.6 Å². The number of carbonyl (C=O) groups is 1. The summed E-state index contributed by atoms with van der Waals surface area (Å²) in [5, 5.41) is 8.51. The standard InChI is InChI=1S/C9H7ClF3NO2/c10-2-5-4(1-6(15)16)3-14-8(7(5)11)9(12)13/h3,9H,1-2H2,(H,15,16). The van der Waals surface area contributed by atoms with Crippen LogP contribution in [-0.2, 0) is 17.1 Å². The van der Waals surface area contributed by atoms with Gasteiger partial charge in [-0.25, -0.2) is 13.2 Å². The van der Waals surface area contributed by atoms with Crippen molar-refractivity contribution in [1.29, 1.82) is 0 Å². The molecule has 88 valence electrons. The molecule has 16 heavy (non-hydrogen) atoms. The van der Waals surface area contributed by atoms with E-state index in [0.29, 0.717) is 0 Å². The maximum absolute atomic E-state index is 13.4. The lowest BCUT2D eigenvalue weighted by molar-refractivity contribution is -0.136. The first-order chi connectivity index (χ1) is 7.47. The number of rotatable bonds is 4. The second-order valence-corrected chi connectivity index (χ2v) is 3.23. The van der Waals surface area contributed by atoms with Gasteiger partial charge < -0.3 is 5.11 Å². The van der Waals surface area contributed by atoms with Gasteiger partial charge in [0, 0.05) is 11.8 Å². The number of nitrogens with zero attached hydrogens (tertiary/aromatic N) is 1.